The fourth-order valence-electron chi connectivity index (χ4n) is 2.68. The number of nitrogens with one attached hydrogen (secondary N) is 1. The SMILES string of the molecule is O=C1Nc2c(ccc(CBr)c2F)C2=NC3(CC3)CN12. The third-order valence-corrected chi connectivity index (χ3v) is 4.57. The lowest BCUT2D eigenvalue weighted by Gasteiger charge is -2.27. The molecule has 6 heteroatoms. The van der Waals surface area contributed by atoms with Crippen LogP contribution in [0.25, 0.3) is 0 Å². The number of amidine groups is 1. The minimum Gasteiger partial charge on any atom is -0.304 e. The smallest absolute Gasteiger partial charge is 0.304 e. The third kappa shape index (κ3) is 1.49. The minimum atomic E-state index is -0.373. The molecule has 98 valence electrons. The van der Waals surface area contributed by atoms with E-state index >= 15 is 0 Å². The van der Waals surface area contributed by atoms with Gasteiger partial charge in [0.1, 0.15) is 5.84 Å². The van der Waals surface area contributed by atoms with Gasteiger partial charge in [0.2, 0.25) is 0 Å². The third-order valence-electron chi connectivity index (χ3n) is 3.96. The van der Waals surface area contributed by atoms with Crippen LogP contribution in [0, 0.1) is 5.82 Å². The maximum atomic E-state index is 14.3. The number of anilines is 1. The maximum absolute atomic E-state index is 14.3. The number of benzene rings is 1. The molecule has 0 atom stereocenters. The van der Waals surface area contributed by atoms with Gasteiger partial charge >= 0.3 is 6.03 Å². The molecule has 1 aromatic carbocycles. The number of hydrogen-bond donors (Lipinski definition) is 1. The number of alkyl halides is 1. The van der Waals surface area contributed by atoms with Crippen LogP contribution in [0.5, 0.6) is 0 Å². The summed E-state index contributed by atoms with van der Waals surface area (Å²) in [5.74, 6) is 0.248. The lowest BCUT2D eigenvalue weighted by atomic mass is 10.1. The summed E-state index contributed by atoms with van der Waals surface area (Å²) in [5.41, 5.74) is 1.39. The van der Waals surface area contributed by atoms with E-state index in [0.29, 0.717) is 28.8 Å². The first-order valence-electron chi connectivity index (χ1n) is 6.20. The lowest BCUT2D eigenvalue weighted by molar-refractivity contribution is 0.233. The molecule has 3 aliphatic rings. The molecule has 2 aliphatic heterocycles. The van der Waals surface area contributed by atoms with Gasteiger partial charge in [0, 0.05) is 16.5 Å². The molecule has 4 nitrogen and oxygen atoms in total. The predicted molar refractivity (Wildman–Crippen MR) is 73.3 cm³/mol. The largest absolute Gasteiger partial charge is 0.327 e. The molecular formula is C13H11BrFN3O. The van der Waals surface area contributed by atoms with Crippen molar-refractivity contribution < 1.29 is 9.18 Å². The summed E-state index contributed by atoms with van der Waals surface area (Å²) >= 11 is 3.24. The van der Waals surface area contributed by atoms with Crippen LogP contribution in [-0.2, 0) is 5.33 Å². The zero-order valence-electron chi connectivity index (χ0n) is 10.0. The quantitative estimate of drug-likeness (QED) is 0.793. The highest BCUT2D eigenvalue weighted by atomic mass is 79.9. The van der Waals surface area contributed by atoms with E-state index < -0.39 is 0 Å². The van der Waals surface area contributed by atoms with E-state index in [0.717, 1.165) is 12.8 Å². The van der Waals surface area contributed by atoms with Crippen LogP contribution in [0.15, 0.2) is 17.1 Å². The number of rotatable bonds is 1. The van der Waals surface area contributed by atoms with E-state index in [9.17, 15) is 9.18 Å². The van der Waals surface area contributed by atoms with Crippen molar-refractivity contribution >= 4 is 33.5 Å². The first-order valence-corrected chi connectivity index (χ1v) is 7.32. The number of hydrogen-bond acceptors (Lipinski definition) is 2. The van der Waals surface area contributed by atoms with Crippen molar-refractivity contribution in [3.63, 3.8) is 0 Å². The van der Waals surface area contributed by atoms with Gasteiger partial charge < -0.3 is 5.32 Å². The highest BCUT2D eigenvalue weighted by Crippen LogP contribution is 2.46. The molecule has 0 radical (unpaired) electrons. The fourth-order valence-corrected chi connectivity index (χ4v) is 3.12. The summed E-state index contributed by atoms with van der Waals surface area (Å²) < 4.78 is 14.3. The Kier molecular flexibility index (Phi) is 2.14. The minimum absolute atomic E-state index is 0.0845. The maximum Gasteiger partial charge on any atom is 0.327 e. The number of amides is 2. The Balaban J connectivity index is 1.90. The van der Waals surface area contributed by atoms with Gasteiger partial charge in [-0.1, -0.05) is 22.0 Å². The molecule has 0 aromatic heterocycles. The Hall–Kier alpha value is -1.43. The van der Waals surface area contributed by atoms with Gasteiger partial charge in [-0.05, 0) is 18.9 Å². The van der Waals surface area contributed by atoms with E-state index in [1.807, 2.05) is 6.07 Å². The van der Waals surface area contributed by atoms with Crippen molar-refractivity contribution in [3.8, 4) is 0 Å². The van der Waals surface area contributed by atoms with Crippen LogP contribution in [0.3, 0.4) is 0 Å². The van der Waals surface area contributed by atoms with Gasteiger partial charge in [0.25, 0.3) is 0 Å². The second kappa shape index (κ2) is 3.56. The first kappa shape index (κ1) is 11.4. The van der Waals surface area contributed by atoms with Gasteiger partial charge in [-0.25, -0.2) is 9.18 Å². The van der Waals surface area contributed by atoms with E-state index in [1.54, 1.807) is 11.0 Å². The molecular weight excluding hydrogens is 313 g/mol. The Labute approximate surface area is 117 Å². The first-order chi connectivity index (χ1) is 9.13. The molecule has 1 aromatic rings. The van der Waals surface area contributed by atoms with Crippen molar-refractivity contribution in [1.29, 1.82) is 0 Å². The number of urea groups is 1. The zero-order valence-corrected chi connectivity index (χ0v) is 11.6. The summed E-state index contributed by atoms with van der Waals surface area (Å²) in [4.78, 5) is 18.3. The molecule has 1 fully saturated rings. The van der Waals surface area contributed by atoms with Crippen molar-refractivity contribution in [2.24, 2.45) is 4.99 Å². The summed E-state index contributed by atoms with van der Waals surface area (Å²) in [6.45, 7) is 0.620. The Bertz CT molecular complexity index is 639. The van der Waals surface area contributed by atoms with Crippen LogP contribution in [0.1, 0.15) is 24.0 Å². The molecule has 1 spiro atoms. The standard InChI is InChI=1S/C13H11BrFN3O/c14-5-7-1-2-8-10(9(7)15)16-12(19)18-6-13(3-4-13)17-11(8)18/h1-2H,3-6H2,(H,16,19). The summed E-state index contributed by atoms with van der Waals surface area (Å²) in [6, 6.07) is 3.29. The zero-order chi connectivity index (χ0) is 13.2. The van der Waals surface area contributed by atoms with Gasteiger partial charge in [-0.2, -0.15) is 0 Å². The van der Waals surface area contributed by atoms with Crippen LogP contribution in [0.2, 0.25) is 0 Å². The fraction of sp³-hybridized carbons (Fsp3) is 0.385. The van der Waals surface area contributed by atoms with Crippen molar-refractivity contribution in [2.45, 2.75) is 23.7 Å². The lowest BCUT2D eigenvalue weighted by Crippen LogP contribution is -2.43. The van der Waals surface area contributed by atoms with Gasteiger partial charge in [0.15, 0.2) is 5.82 Å². The highest BCUT2D eigenvalue weighted by Gasteiger charge is 2.52. The average molecular weight is 324 g/mol. The summed E-state index contributed by atoms with van der Waals surface area (Å²) in [6.07, 6.45) is 2.02. The molecule has 1 saturated carbocycles. The van der Waals surface area contributed by atoms with Crippen molar-refractivity contribution in [1.82, 2.24) is 4.90 Å². The van der Waals surface area contributed by atoms with Crippen LogP contribution < -0.4 is 5.32 Å². The number of carbonyl (C=O) groups is 1. The topological polar surface area (TPSA) is 44.7 Å². The number of aliphatic imine (C=N–C) groups is 1. The molecule has 1 aliphatic carbocycles. The molecule has 2 heterocycles. The van der Waals surface area contributed by atoms with Crippen LogP contribution in [0.4, 0.5) is 14.9 Å². The van der Waals surface area contributed by atoms with Crippen molar-refractivity contribution in [2.75, 3.05) is 11.9 Å². The normalized spacial score (nSPS) is 21.9. The molecule has 1 N–H and O–H groups in total. The summed E-state index contributed by atoms with van der Waals surface area (Å²) in [7, 11) is 0. The van der Waals surface area contributed by atoms with Crippen LogP contribution >= 0.6 is 15.9 Å². The molecule has 0 saturated heterocycles. The molecule has 2 amide bonds. The Morgan fingerprint density at radius 1 is 1.47 bits per heavy atom. The molecule has 19 heavy (non-hydrogen) atoms. The van der Waals surface area contributed by atoms with Gasteiger partial charge in [0.05, 0.1) is 17.8 Å². The van der Waals surface area contributed by atoms with Gasteiger partial charge in [-0.15, -0.1) is 0 Å². The van der Waals surface area contributed by atoms with E-state index in [1.165, 1.54) is 0 Å². The second-order valence-corrected chi connectivity index (χ2v) is 5.83. The summed E-state index contributed by atoms with van der Waals surface area (Å²) in [5, 5.41) is 3.07. The predicted octanol–water partition coefficient (Wildman–Crippen LogP) is 2.86. The van der Waals surface area contributed by atoms with Crippen LogP contribution in [-0.4, -0.2) is 28.9 Å². The average Bonchev–Trinajstić information content (AvgIpc) is 3.01. The number of nitrogens with zero attached hydrogens (tertiary/aromatic N) is 2. The van der Waals surface area contributed by atoms with E-state index in [2.05, 4.69) is 26.2 Å². The second-order valence-electron chi connectivity index (χ2n) is 5.27. The number of halogens is 2. The van der Waals surface area contributed by atoms with Gasteiger partial charge in [-0.3, -0.25) is 9.89 Å². The Morgan fingerprint density at radius 3 is 2.95 bits per heavy atom. The molecule has 0 unspecified atom stereocenters. The van der Waals surface area contributed by atoms with Crippen molar-refractivity contribution in [3.05, 3.63) is 29.1 Å². The number of fused-ring (bicyclic) bond motifs is 3. The molecule has 4 rings (SSSR count). The Morgan fingerprint density at radius 2 is 2.26 bits per heavy atom. The number of carbonyl (C=O) groups excluding carboxylic acids is 1. The van der Waals surface area contributed by atoms with E-state index in [4.69, 9.17) is 0 Å². The molecule has 0 bridgehead atoms. The van der Waals surface area contributed by atoms with E-state index in [-0.39, 0.29) is 23.1 Å². The highest BCUT2D eigenvalue weighted by molar-refractivity contribution is 9.08. The monoisotopic (exact) mass is 323 g/mol.